The second-order valence-electron chi connectivity index (χ2n) is 10.3. The molecule has 1 heterocycles. The van der Waals surface area contributed by atoms with E-state index >= 15 is 0 Å². The molecule has 7 rings (SSSR count). The first-order chi connectivity index (χ1) is 19.7. The highest BCUT2D eigenvalue weighted by Gasteiger charge is 2.79. The Morgan fingerprint density at radius 2 is 1.17 bits per heavy atom. The maximum absolute atomic E-state index is 14.6. The maximum Gasteiger partial charge on any atom is 0.269 e. The van der Waals surface area contributed by atoms with E-state index in [9.17, 15) is 29.3 Å². The van der Waals surface area contributed by atoms with Gasteiger partial charge in [-0.05, 0) is 23.3 Å². The van der Waals surface area contributed by atoms with Gasteiger partial charge in [-0.2, -0.15) is 0 Å². The van der Waals surface area contributed by atoms with Gasteiger partial charge in [0.2, 0.25) is 17.2 Å². The number of nitro benzene ring substituents is 1. The highest BCUT2D eigenvalue weighted by atomic mass is 79.9. The lowest BCUT2D eigenvalue weighted by molar-refractivity contribution is -0.384. The minimum atomic E-state index is -2.32. The van der Waals surface area contributed by atoms with E-state index in [1.54, 1.807) is 48.5 Å². The van der Waals surface area contributed by atoms with Gasteiger partial charge in [0, 0.05) is 38.9 Å². The first-order valence-electron chi connectivity index (χ1n) is 12.8. The van der Waals surface area contributed by atoms with Crippen LogP contribution >= 0.6 is 15.9 Å². The molecule has 0 saturated carbocycles. The average Bonchev–Trinajstić information content (AvgIpc) is 3.51. The first-order valence-corrected chi connectivity index (χ1v) is 13.6. The van der Waals surface area contributed by atoms with Crippen LogP contribution in [-0.4, -0.2) is 33.7 Å². The Bertz CT molecular complexity index is 1790. The van der Waals surface area contributed by atoms with Gasteiger partial charge in [0.05, 0.1) is 10.8 Å². The van der Waals surface area contributed by atoms with Crippen LogP contribution in [0, 0.1) is 15.5 Å². The van der Waals surface area contributed by atoms with Gasteiger partial charge in [-0.1, -0.05) is 88.7 Å². The molecule has 0 amide bonds. The van der Waals surface area contributed by atoms with Crippen molar-refractivity contribution in [1.29, 1.82) is 0 Å². The number of ether oxygens (including phenoxy) is 1. The number of hydrogen-bond donors (Lipinski definition) is 0. The van der Waals surface area contributed by atoms with E-state index in [-0.39, 0.29) is 33.5 Å². The van der Waals surface area contributed by atoms with Gasteiger partial charge in [-0.15, -0.1) is 0 Å². The number of Topliss-reactive ketones (excluding diaryl/α,β-unsaturated/α-hetero) is 4. The first kappa shape index (κ1) is 25.4. The van der Waals surface area contributed by atoms with Crippen LogP contribution in [0.3, 0.4) is 0 Å². The molecule has 2 atom stereocenters. The van der Waals surface area contributed by atoms with Crippen LogP contribution in [0.5, 0.6) is 0 Å². The van der Waals surface area contributed by atoms with E-state index in [1.807, 2.05) is 0 Å². The summed E-state index contributed by atoms with van der Waals surface area (Å²) in [5.74, 6) is -4.08. The number of non-ortho nitro benzene ring substituents is 1. The molecule has 2 spiro atoms. The van der Waals surface area contributed by atoms with E-state index in [1.165, 1.54) is 48.5 Å². The largest absolute Gasteiger partial charge is 0.348 e. The van der Waals surface area contributed by atoms with Crippen molar-refractivity contribution in [3.05, 3.63) is 145 Å². The Balaban J connectivity index is 1.60. The summed E-state index contributed by atoms with van der Waals surface area (Å²) in [6.45, 7) is 0. The standard InChI is InChI=1S/C32H18BrNO7/c33-19-14-12-17(13-15-19)30-31(26(35)21-8-1-2-9-22(21)27(31)36)25(18-6-5-7-20(16-18)34(39)40)32(41-30)28(37)23-10-3-4-11-24(23)29(32)38/h1-16,25,30H/t25-,30-/m1/s1. The molecule has 1 saturated heterocycles. The minimum absolute atomic E-state index is 0.106. The molecular formula is C32H18BrNO7. The van der Waals surface area contributed by atoms with Crippen molar-refractivity contribution in [2.75, 3.05) is 0 Å². The summed E-state index contributed by atoms with van der Waals surface area (Å²) in [5, 5.41) is 11.8. The summed E-state index contributed by atoms with van der Waals surface area (Å²) in [6, 6.07) is 24.7. The quantitative estimate of drug-likeness (QED) is 0.157. The number of halogens is 1. The zero-order chi connectivity index (χ0) is 28.7. The molecule has 41 heavy (non-hydrogen) atoms. The highest BCUT2D eigenvalue weighted by molar-refractivity contribution is 9.10. The van der Waals surface area contributed by atoms with Gasteiger partial charge >= 0.3 is 0 Å². The summed E-state index contributed by atoms with van der Waals surface area (Å²) in [6.07, 6.45) is -1.35. The number of carbonyl (C=O) groups excluding carboxylic acids is 4. The van der Waals surface area contributed by atoms with Gasteiger partial charge in [-0.3, -0.25) is 29.3 Å². The minimum Gasteiger partial charge on any atom is -0.348 e. The zero-order valence-electron chi connectivity index (χ0n) is 21.1. The Hall–Kier alpha value is -4.60. The number of hydrogen-bond acceptors (Lipinski definition) is 7. The van der Waals surface area contributed by atoms with Gasteiger partial charge in [0.25, 0.3) is 5.69 Å². The lowest BCUT2D eigenvalue weighted by Crippen LogP contribution is -2.51. The van der Waals surface area contributed by atoms with E-state index in [0.717, 1.165) is 4.47 Å². The Morgan fingerprint density at radius 3 is 1.68 bits per heavy atom. The Labute approximate surface area is 241 Å². The Morgan fingerprint density at radius 1 is 0.659 bits per heavy atom. The molecular weight excluding hydrogens is 590 g/mol. The summed E-state index contributed by atoms with van der Waals surface area (Å²) in [4.78, 5) is 69.3. The number of carbonyl (C=O) groups is 4. The van der Waals surface area contributed by atoms with E-state index in [2.05, 4.69) is 15.9 Å². The SMILES string of the molecule is O=C1c2ccccc2C(=O)C12O[C@H](c1ccc(Br)cc1)C1(C(=O)c3ccccc3C1=O)[C@H]2c1cccc([N+](=O)[O-])c1. The number of fused-ring (bicyclic) bond motifs is 2. The second-order valence-corrected chi connectivity index (χ2v) is 11.3. The molecule has 0 bridgehead atoms. The van der Waals surface area contributed by atoms with E-state index < -0.39 is 51.1 Å². The summed E-state index contributed by atoms with van der Waals surface area (Å²) >= 11 is 3.40. The van der Waals surface area contributed by atoms with Crippen molar-refractivity contribution in [2.45, 2.75) is 17.6 Å². The fourth-order valence-electron chi connectivity index (χ4n) is 6.78. The topological polar surface area (TPSA) is 121 Å². The Kier molecular flexibility index (Phi) is 5.38. The number of nitrogens with zero attached hydrogens (tertiary/aromatic N) is 1. The molecule has 0 aromatic heterocycles. The predicted molar refractivity (Wildman–Crippen MR) is 149 cm³/mol. The van der Waals surface area contributed by atoms with Crippen molar-refractivity contribution < 1.29 is 28.8 Å². The molecule has 0 radical (unpaired) electrons. The lowest BCUT2D eigenvalue weighted by atomic mass is 9.60. The highest BCUT2D eigenvalue weighted by Crippen LogP contribution is 2.68. The van der Waals surface area contributed by atoms with Gasteiger partial charge in [0.15, 0.2) is 11.6 Å². The molecule has 4 aromatic rings. The molecule has 0 unspecified atom stereocenters. The molecule has 4 aromatic carbocycles. The molecule has 1 aliphatic heterocycles. The normalized spacial score (nSPS) is 21.5. The van der Waals surface area contributed by atoms with Crippen molar-refractivity contribution in [1.82, 2.24) is 0 Å². The van der Waals surface area contributed by atoms with Crippen LogP contribution in [0.2, 0.25) is 0 Å². The third-order valence-corrected chi connectivity index (χ3v) is 8.95. The lowest BCUT2D eigenvalue weighted by Gasteiger charge is -2.34. The smallest absolute Gasteiger partial charge is 0.269 e. The maximum atomic E-state index is 14.6. The van der Waals surface area contributed by atoms with Gasteiger partial charge in [0.1, 0.15) is 11.5 Å². The number of benzene rings is 4. The van der Waals surface area contributed by atoms with Crippen LogP contribution in [0.15, 0.2) is 102 Å². The summed E-state index contributed by atoms with van der Waals surface area (Å²) in [5.41, 5.74) is -3.70. The predicted octanol–water partition coefficient (Wildman–Crippen LogP) is 6.10. The van der Waals surface area contributed by atoms with Crippen LogP contribution in [0.25, 0.3) is 0 Å². The van der Waals surface area contributed by atoms with Crippen molar-refractivity contribution >= 4 is 44.8 Å². The molecule has 8 nitrogen and oxygen atoms in total. The third-order valence-electron chi connectivity index (χ3n) is 8.43. The van der Waals surface area contributed by atoms with Crippen LogP contribution in [-0.2, 0) is 4.74 Å². The monoisotopic (exact) mass is 607 g/mol. The number of rotatable bonds is 3. The molecule has 200 valence electrons. The second kappa shape index (κ2) is 8.70. The van der Waals surface area contributed by atoms with Crippen molar-refractivity contribution in [3.63, 3.8) is 0 Å². The fourth-order valence-corrected chi connectivity index (χ4v) is 7.05. The fraction of sp³-hybridized carbons (Fsp3) is 0.125. The van der Waals surface area contributed by atoms with Crippen LogP contribution in [0.4, 0.5) is 5.69 Å². The van der Waals surface area contributed by atoms with Crippen molar-refractivity contribution in [3.8, 4) is 0 Å². The molecule has 9 heteroatoms. The van der Waals surface area contributed by atoms with Crippen molar-refractivity contribution in [2.24, 2.45) is 5.41 Å². The summed E-state index contributed by atoms with van der Waals surface area (Å²) < 4.78 is 7.32. The van der Waals surface area contributed by atoms with E-state index in [4.69, 9.17) is 4.74 Å². The summed E-state index contributed by atoms with van der Waals surface area (Å²) in [7, 11) is 0. The molecule has 0 N–H and O–H groups in total. The van der Waals surface area contributed by atoms with Gasteiger partial charge in [-0.25, -0.2) is 0 Å². The average molecular weight is 608 g/mol. The van der Waals surface area contributed by atoms with E-state index in [0.29, 0.717) is 5.56 Å². The van der Waals surface area contributed by atoms with Crippen LogP contribution in [0.1, 0.15) is 64.6 Å². The molecule has 1 fully saturated rings. The van der Waals surface area contributed by atoms with Crippen LogP contribution < -0.4 is 0 Å². The molecule has 2 aliphatic carbocycles. The van der Waals surface area contributed by atoms with Gasteiger partial charge < -0.3 is 4.74 Å². The number of nitro groups is 1. The third kappa shape index (κ3) is 3.13. The number of ketones is 4. The zero-order valence-corrected chi connectivity index (χ0v) is 22.7. The molecule has 3 aliphatic rings.